The minimum Gasteiger partial charge on any atom is -0.347 e. The van der Waals surface area contributed by atoms with Gasteiger partial charge in [0, 0.05) is 29.0 Å². The summed E-state index contributed by atoms with van der Waals surface area (Å²) in [4.78, 5) is 44.4. The molecule has 2 heterocycles. The van der Waals surface area contributed by atoms with Crippen molar-refractivity contribution in [3.05, 3.63) is 97.4 Å². The topological polar surface area (TPSA) is 92.6 Å². The van der Waals surface area contributed by atoms with Crippen molar-refractivity contribution < 1.29 is 9.59 Å². The molecule has 0 saturated carbocycles. The number of fused-ring (bicyclic) bond motifs is 1. The Morgan fingerprint density at radius 1 is 1.09 bits per heavy atom. The molecule has 0 bridgehead atoms. The molecule has 7 nitrogen and oxygen atoms in total. The molecule has 0 radical (unpaired) electrons. The van der Waals surface area contributed by atoms with E-state index in [9.17, 15) is 14.4 Å². The van der Waals surface area contributed by atoms with Crippen LogP contribution in [-0.4, -0.2) is 21.2 Å². The fraction of sp³-hybridized carbons (Fsp3) is 0.200. The third kappa shape index (κ3) is 5.03. The SMILES string of the molecule is CCCc1cc(=O)n2c(C(=O)NCc3ccccc3)c(C(=O)Nc3ccc(Cl)cc3C)sc2n1. The van der Waals surface area contributed by atoms with Gasteiger partial charge in [-0.1, -0.05) is 66.6 Å². The van der Waals surface area contributed by atoms with Gasteiger partial charge in [0.15, 0.2) is 4.96 Å². The molecule has 0 unspecified atom stereocenters. The van der Waals surface area contributed by atoms with Gasteiger partial charge in [-0.2, -0.15) is 0 Å². The Morgan fingerprint density at radius 3 is 2.56 bits per heavy atom. The zero-order valence-corrected chi connectivity index (χ0v) is 20.3. The van der Waals surface area contributed by atoms with E-state index in [0.717, 1.165) is 28.9 Å². The normalized spacial score (nSPS) is 10.9. The Morgan fingerprint density at radius 2 is 1.85 bits per heavy atom. The smallest absolute Gasteiger partial charge is 0.270 e. The standard InChI is InChI=1S/C25H23ClN4O3S/c1-3-7-18-13-20(31)30-21(23(32)27-14-16-8-5-4-6-9-16)22(34-25(30)28-18)24(33)29-19-11-10-17(26)12-15(19)2/h4-6,8-13H,3,7,14H2,1-2H3,(H,27,32)(H,29,33). The summed E-state index contributed by atoms with van der Waals surface area (Å²) in [6.45, 7) is 4.07. The molecule has 9 heteroatoms. The Balaban J connectivity index is 1.75. The van der Waals surface area contributed by atoms with Crippen LogP contribution in [0.25, 0.3) is 4.96 Å². The van der Waals surface area contributed by atoms with Gasteiger partial charge in [0.1, 0.15) is 10.6 Å². The van der Waals surface area contributed by atoms with E-state index in [-0.39, 0.29) is 17.1 Å². The summed E-state index contributed by atoms with van der Waals surface area (Å²) >= 11 is 7.04. The van der Waals surface area contributed by atoms with Crippen molar-refractivity contribution in [3.8, 4) is 0 Å². The first-order valence-corrected chi connectivity index (χ1v) is 12.0. The third-order valence-corrected chi connectivity index (χ3v) is 6.51. The molecule has 0 atom stereocenters. The maximum absolute atomic E-state index is 13.3. The van der Waals surface area contributed by atoms with Gasteiger partial charge in [-0.15, -0.1) is 0 Å². The quantitative estimate of drug-likeness (QED) is 0.384. The molecule has 0 aliphatic rings. The first-order chi connectivity index (χ1) is 16.4. The van der Waals surface area contributed by atoms with E-state index in [1.807, 2.05) is 44.2 Å². The van der Waals surface area contributed by atoms with Crippen LogP contribution in [0.1, 0.15) is 50.3 Å². The number of hydrogen-bond acceptors (Lipinski definition) is 5. The van der Waals surface area contributed by atoms with Crippen LogP contribution in [0.15, 0.2) is 59.4 Å². The largest absolute Gasteiger partial charge is 0.347 e. The van der Waals surface area contributed by atoms with Crippen LogP contribution in [-0.2, 0) is 13.0 Å². The number of carbonyl (C=O) groups is 2. The molecule has 0 saturated heterocycles. The summed E-state index contributed by atoms with van der Waals surface area (Å²) in [6, 6.07) is 15.9. The highest BCUT2D eigenvalue weighted by Gasteiger charge is 2.26. The molecular weight excluding hydrogens is 472 g/mol. The highest BCUT2D eigenvalue weighted by molar-refractivity contribution is 7.19. The number of carbonyl (C=O) groups excluding carboxylic acids is 2. The lowest BCUT2D eigenvalue weighted by atomic mass is 10.2. The lowest BCUT2D eigenvalue weighted by molar-refractivity contribution is 0.0933. The van der Waals surface area contributed by atoms with Gasteiger partial charge < -0.3 is 10.6 Å². The van der Waals surface area contributed by atoms with Crippen molar-refractivity contribution >= 4 is 45.4 Å². The highest BCUT2D eigenvalue weighted by Crippen LogP contribution is 2.25. The van der Waals surface area contributed by atoms with Crippen molar-refractivity contribution in [2.75, 3.05) is 5.32 Å². The van der Waals surface area contributed by atoms with E-state index >= 15 is 0 Å². The van der Waals surface area contributed by atoms with E-state index in [1.165, 1.54) is 10.5 Å². The van der Waals surface area contributed by atoms with Gasteiger partial charge in [0.2, 0.25) is 0 Å². The van der Waals surface area contributed by atoms with E-state index in [1.54, 1.807) is 18.2 Å². The molecule has 2 aromatic carbocycles. The van der Waals surface area contributed by atoms with Crippen molar-refractivity contribution in [2.45, 2.75) is 33.2 Å². The summed E-state index contributed by atoms with van der Waals surface area (Å²) in [5.41, 5.74) is 2.45. The number of benzene rings is 2. The van der Waals surface area contributed by atoms with Crippen LogP contribution in [0.4, 0.5) is 5.69 Å². The van der Waals surface area contributed by atoms with Crippen molar-refractivity contribution in [1.82, 2.24) is 14.7 Å². The van der Waals surface area contributed by atoms with E-state index in [4.69, 9.17) is 11.6 Å². The summed E-state index contributed by atoms with van der Waals surface area (Å²) in [7, 11) is 0. The summed E-state index contributed by atoms with van der Waals surface area (Å²) in [5, 5.41) is 6.21. The molecule has 0 spiro atoms. The average Bonchev–Trinajstić information content (AvgIpc) is 3.20. The Bertz CT molecular complexity index is 1430. The fourth-order valence-corrected chi connectivity index (χ4v) is 4.84. The maximum Gasteiger partial charge on any atom is 0.270 e. The van der Waals surface area contributed by atoms with Crippen molar-refractivity contribution in [3.63, 3.8) is 0 Å². The number of aromatic nitrogens is 2. The van der Waals surface area contributed by atoms with Gasteiger partial charge >= 0.3 is 0 Å². The number of aryl methyl sites for hydroxylation is 2. The van der Waals surface area contributed by atoms with Crippen LogP contribution in [0.2, 0.25) is 5.02 Å². The van der Waals surface area contributed by atoms with Gasteiger partial charge in [0.05, 0.1) is 0 Å². The highest BCUT2D eigenvalue weighted by atomic mass is 35.5. The molecule has 2 aromatic heterocycles. The summed E-state index contributed by atoms with van der Waals surface area (Å²) in [6.07, 6.45) is 1.45. The van der Waals surface area contributed by atoms with Gasteiger partial charge in [-0.3, -0.25) is 14.4 Å². The first-order valence-electron chi connectivity index (χ1n) is 10.8. The minimum absolute atomic E-state index is 0.0272. The molecule has 0 aliphatic heterocycles. The number of rotatable bonds is 7. The molecule has 4 rings (SSSR count). The van der Waals surface area contributed by atoms with E-state index in [0.29, 0.717) is 27.8 Å². The minimum atomic E-state index is -0.528. The van der Waals surface area contributed by atoms with Crippen LogP contribution in [0.5, 0.6) is 0 Å². The third-order valence-electron chi connectivity index (χ3n) is 5.23. The molecule has 34 heavy (non-hydrogen) atoms. The molecule has 174 valence electrons. The maximum atomic E-state index is 13.3. The lowest BCUT2D eigenvalue weighted by Crippen LogP contribution is -2.30. The zero-order chi connectivity index (χ0) is 24.2. The van der Waals surface area contributed by atoms with Gasteiger partial charge in [-0.05, 0) is 42.7 Å². The Hall–Kier alpha value is -3.49. The Kier molecular flexibility index (Phi) is 7.09. The lowest BCUT2D eigenvalue weighted by Gasteiger charge is -2.10. The average molecular weight is 495 g/mol. The molecular formula is C25H23ClN4O3S. The summed E-state index contributed by atoms with van der Waals surface area (Å²) in [5.74, 6) is -1.03. The van der Waals surface area contributed by atoms with E-state index in [2.05, 4.69) is 15.6 Å². The second-order valence-corrected chi connectivity index (χ2v) is 9.23. The van der Waals surface area contributed by atoms with Crippen molar-refractivity contribution in [2.24, 2.45) is 0 Å². The number of halogens is 1. The Labute approximate surface area is 205 Å². The molecule has 0 fully saturated rings. The molecule has 2 amide bonds. The molecule has 2 N–H and O–H groups in total. The molecule has 4 aromatic rings. The van der Waals surface area contributed by atoms with Gasteiger partial charge in [0.25, 0.3) is 17.4 Å². The number of thiazole rings is 1. The van der Waals surface area contributed by atoms with Crippen LogP contribution < -0.4 is 16.2 Å². The van der Waals surface area contributed by atoms with Crippen LogP contribution in [0, 0.1) is 6.92 Å². The number of anilines is 1. The van der Waals surface area contributed by atoms with Crippen LogP contribution >= 0.6 is 22.9 Å². The number of nitrogens with zero attached hydrogens (tertiary/aromatic N) is 2. The predicted octanol–water partition coefficient (Wildman–Crippen LogP) is 4.85. The summed E-state index contributed by atoms with van der Waals surface area (Å²) < 4.78 is 1.22. The van der Waals surface area contributed by atoms with E-state index < -0.39 is 17.4 Å². The first kappa shape index (κ1) is 23.7. The second-order valence-electron chi connectivity index (χ2n) is 7.82. The van der Waals surface area contributed by atoms with Gasteiger partial charge in [-0.25, -0.2) is 9.38 Å². The predicted molar refractivity (Wildman–Crippen MR) is 135 cm³/mol. The van der Waals surface area contributed by atoms with Crippen LogP contribution in [0.3, 0.4) is 0 Å². The number of amides is 2. The zero-order valence-electron chi connectivity index (χ0n) is 18.7. The monoisotopic (exact) mass is 494 g/mol. The van der Waals surface area contributed by atoms with Crippen molar-refractivity contribution in [1.29, 1.82) is 0 Å². The number of nitrogens with one attached hydrogen (secondary N) is 2. The fourth-order valence-electron chi connectivity index (χ4n) is 3.57. The second kappa shape index (κ2) is 10.2. The molecule has 0 aliphatic carbocycles. The number of hydrogen-bond donors (Lipinski definition) is 2.